The maximum atomic E-state index is 10.9. The highest BCUT2D eigenvalue weighted by Crippen LogP contribution is 2.30. The molecule has 0 amide bonds. The lowest BCUT2D eigenvalue weighted by molar-refractivity contribution is -0.132. The predicted octanol–water partition coefficient (Wildman–Crippen LogP) is 0.0866. The van der Waals surface area contributed by atoms with E-state index >= 15 is 0 Å². The number of fused-ring (bicyclic) bond motifs is 2. The van der Waals surface area contributed by atoms with Gasteiger partial charge in [-0.25, -0.2) is 4.79 Å². The van der Waals surface area contributed by atoms with Gasteiger partial charge in [-0.05, 0) is 29.7 Å². The van der Waals surface area contributed by atoms with Gasteiger partial charge in [0.05, 0.1) is 11.6 Å². The number of carboxylic acid groups (broad SMARTS) is 1. The molecule has 1 saturated heterocycles. The molecular weight excluding hydrogens is 208 g/mol. The van der Waals surface area contributed by atoms with E-state index in [1.165, 1.54) is 0 Å². The van der Waals surface area contributed by atoms with Crippen molar-refractivity contribution < 1.29 is 14.7 Å². The Hall–Kier alpha value is -1.43. The van der Waals surface area contributed by atoms with Crippen LogP contribution in [-0.4, -0.2) is 29.9 Å². The summed E-state index contributed by atoms with van der Waals surface area (Å²) in [6.07, 6.45) is 5.97. The molecule has 3 aliphatic rings. The molecule has 0 aromatic heterocycles. The minimum absolute atomic E-state index is 0.0192. The van der Waals surface area contributed by atoms with Gasteiger partial charge in [0.25, 0.3) is 0 Å². The lowest BCUT2D eigenvalue weighted by Gasteiger charge is -2.30. The van der Waals surface area contributed by atoms with E-state index in [2.05, 4.69) is 10.8 Å². The van der Waals surface area contributed by atoms with Gasteiger partial charge in [0.2, 0.25) is 0 Å². The summed E-state index contributed by atoms with van der Waals surface area (Å²) < 4.78 is 0. The van der Waals surface area contributed by atoms with Crippen LogP contribution in [0.2, 0.25) is 0 Å². The zero-order valence-corrected chi connectivity index (χ0v) is 8.56. The van der Waals surface area contributed by atoms with Gasteiger partial charge in [0.1, 0.15) is 0 Å². The quantitative estimate of drug-likeness (QED) is 0.584. The zero-order valence-electron chi connectivity index (χ0n) is 8.56. The van der Waals surface area contributed by atoms with Gasteiger partial charge < -0.3 is 5.11 Å². The van der Waals surface area contributed by atoms with Crippen LogP contribution in [0.1, 0.15) is 6.42 Å². The highest BCUT2D eigenvalue weighted by molar-refractivity contribution is 5.91. The van der Waals surface area contributed by atoms with Crippen LogP contribution in [0.15, 0.2) is 34.9 Å². The van der Waals surface area contributed by atoms with Crippen LogP contribution in [-0.2, 0) is 9.63 Å². The Balaban J connectivity index is 2.04. The second-order valence-corrected chi connectivity index (χ2v) is 4.04. The van der Waals surface area contributed by atoms with Gasteiger partial charge in [-0.1, -0.05) is 6.08 Å². The summed E-state index contributed by atoms with van der Waals surface area (Å²) in [4.78, 5) is 16.3. The van der Waals surface area contributed by atoms with Crippen LogP contribution in [0.4, 0.5) is 0 Å². The molecule has 1 aliphatic carbocycles. The summed E-state index contributed by atoms with van der Waals surface area (Å²) >= 11 is 0. The molecule has 2 heterocycles. The number of carboxylic acids is 1. The van der Waals surface area contributed by atoms with Crippen molar-refractivity contribution in [2.45, 2.75) is 18.7 Å². The predicted molar refractivity (Wildman–Crippen MR) is 56.3 cm³/mol. The summed E-state index contributed by atoms with van der Waals surface area (Å²) in [6.45, 7) is 0.873. The third kappa shape index (κ3) is 1.41. The fourth-order valence-corrected chi connectivity index (χ4v) is 2.28. The van der Waals surface area contributed by atoms with Crippen molar-refractivity contribution in [3.8, 4) is 0 Å². The van der Waals surface area contributed by atoms with E-state index in [9.17, 15) is 4.79 Å². The second-order valence-electron chi connectivity index (χ2n) is 4.04. The van der Waals surface area contributed by atoms with E-state index in [4.69, 9.17) is 9.94 Å². The average Bonchev–Trinajstić information content (AvgIpc) is 2.76. The maximum Gasteiger partial charge on any atom is 0.335 e. The topological polar surface area (TPSA) is 70.6 Å². The van der Waals surface area contributed by atoms with Crippen molar-refractivity contribution >= 4 is 5.97 Å². The first-order valence-corrected chi connectivity index (χ1v) is 5.26. The molecule has 0 bridgehead atoms. The summed E-state index contributed by atoms with van der Waals surface area (Å²) in [5, 5.41) is 12.2. The number of aliphatic carboxylic acids is 1. The van der Waals surface area contributed by atoms with Crippen LogP contribution >= 0.6 is 0 Å². The highest BCUT2D eigenvalue weighted by atomic mass is 16.7. The first-order chi connectivity index (χ1) is 7.75. The number of carbonyl (C=O) groups is 1. The van der Waals surface area contributed by atoms with Crippen LogP contribution in [0.25, 0.3) is 0 Å². The number of hydrogen-bond acceptors (Lipinski definition) is 4. The van der Waals surface area contributed by atoms with E-state index in [-0.39, 0.29) is 12.3 Å². The number of nitrogens with one attached hydrogen (secondary N) is 2. The molecule has 3 rings (SSSR count). The van der Waals surface area contributed by atoms with Crippen LogP contribution in [0.3, 0.4) is 0 Å². The molecule has 84 valence electrons. The summed E-state index contributed by atoms with van der Waals surface area (Å²) in [5.74, 6) is -0.892. The fraction of sp³-hybridized carbons (Fsp3) is 0.364. The number of rotatable bonds is 1. The van der Waals surface area contributed by atoms with Crippen molar-refractivity contribution in [1.29, 1.82) is 0 Å². The molecular formula is C11H12N2O3. The molecule has 2 aliphatic heterocycles. The summed E-state index contributed by atoms with van der Waals surface area (Å²) in [7, 11) is 0. The molecule has 5 heteroatoms. The van der Waals surface area contributed by atoms with E-state index in [0.717, 1.165) is 24.1 Å². The average molecular weight is 220 g/mol. The van der Waals surface area contributed by atoms with Crippen molar-refractivity contribution in [2.24, 2.45) is 0 Å². The van der Waals surface area contributed by atoms with Crippen molar-refractivity contribution in [3.05, 3.63) is 34.9 Å². The van der Waals surface area contributed by atoms with Gasteiger partial charge in [-0.2, -0.15) is 5.48 Å². The Morgan fingerprint density at radius 1 is 1.56 bits per heavy atom. The van der Waals surface area contributed by atoms with E-state index in [1.54, 1.807) is 12.2 Å². The molecule has 16 heavy (non-hydrogen) atoms. The maximum absolute atomic E-state index is 10.9. The lowest BCUT2D eigenvalue weighted by atomic mass is 9.91. The minimum atomic E-state index is -0.892. The van der Waals surface area contributed by atoms with E-state index < -0.39 is 5.97 Å². The molecule has 2 unspecified atom stereocenters. The van der Waals surface area contributed by atoms with Crippen LogP contribution in [0, 0.1) is 0 Å². The molecule has 0 saturated carbocycles. The van der Waals surface area contributed by atoms with Gasteiger partial charge >= 0.3 is 5.97 Å². The molecule has 2 atom stereocenters. The molecule has 1 fully saturated rings. The van der Waals surface area contributed by atoms with Crippen molar-refractivity contribution in [1.82, 2.24) is 10.8 Å². The Labute approximate surface area is 92.4 Å². The largest absolute Gasteiger partial charge is 0.478 e. The Morgan fingerprint density at radius 3 is 3.25 bits per heavy atom. The third-order valence-corrected chi connectivity index (χ3v) is 3.09. The highest BCUT2D eigenvalue weighted by Gasteiger charge is 2.33. The SMILES string of the molecule is O=C(O)C1=CC2=C3CCNC3ONC2C=C1. The standard InChI is InChI=1S/C11H12N2O3/c14-11(15)6-1-2-9-8(5-6)7-3-4-12-10(7)16-13-9/h1-2,5,9-10,12-13H,3-4H2,(H,14,15). The first kappa shape index (κ1) is 9.77. The van der Waals surface area contributed by atoms with Gasteiger partial charge in [-0.3, -0.25) is 10.2 Å². The Bertz CT molecular complexity index is 437. The van der Waals surface area contributed by atoms with E-state index in [0.29, 0.717) is 5.57 Å². The molecule has 5 nitrogen and oxygen atoms in total. The van der Waals surface area contributed by atoms with Crippen LogP contribution < -0.4 is 10.8 Å². The molecule has 3 N–H and O–H groups in total. The number of hydrogen-bond donors (Lipinski definition) is 3. The van der Waals surface area contributed by atoms with Crippen molar-refractivity contribution in [3.63, 3.8) is 0 Å². The van der Waals surface area contributed by atoms with Crippen LogP contribution in [0.5, 0.6) is 0 Å². The van der Waals surface area contributed by atoms with Gasteiger partial charge in [0.15, 0.2) is 6.23 Å². The third-order valence-electron chi connectivity index (χ3n) is 3.09. The smallest absolute Gasteiger partial charge is 0.335 e. The Kier molecular flexibility index (Phi) is 2.17. The molecule has 0 radical (unpaired) electrons. The molecule has 0 spiro atoms. The second kappa shape index (κ2) is 3.55. The van der Waals surface area contributed by atoms with Crippen molar-refractivity contribution in [2.75, 3.05) is 6.54 Å². The first-order valence-electron chi connectivity index (χ1n) is 5.26. The monoisotopic (exact) mass is 220 g/mol. The summed E-state index contributed by atoms with van der Waals surface area (Å²) in [5.41, 5.74) is 5.42. The number of hydroxylamine groups is 1. The van der Waals surface area contributed by atoms with Gasteiger partial charge in [-0.15, -0.1) is 0 Å². The molecule has 0 aromatic carbocycles. The molecule has 0 aromatic rings. The lowest BCUT2D eigenvalue weighted by Crippen LogP contribution is -2.43. The zero-order chi connectivity index (χ0) is 11.1. The fourth-order valence-electron chi connectivity index (χ4n) is 2.28. The Morgan fingerprint density at radius 2 is 2.44 bits per heavy atom. The van der Waals surface area contributed by atoms with Gasteiger partial charge in [0, 0.05) is 6.54 Å². The normalized spacial score (nSPS) is 32.1. The van der Waals surface area contributed by atoms with E-state index in [1.807, 2.05) is 6.08 Å². The summed E-state index contributed by atoms with van der Waals surface area (Å²) in [6, 6.07) is -0.0192. The minimum Gasteiger partial charge on any atom is -0.478 e.